The van der Waals surface area contributed by atoms with Gasteiger partial charge in [0.2, 0.25) is 19.7 Å². The van der Waals surface area contributed by atoms with Crippen LogP contribution in [0.25, 0.3) is 21.8 Å². The van der Waals surface area contributed by atoms with Gasteiger partial charge in [0.15, 0.2) is 0 Å². The van der Waals surface area contributed by atoms with Crippen LogP contribution in [-0.4, -0.2) is 21.8 Å². The molecule has 0 spiro atoms. The number of nitrogens with zero attached hydrogens (tertiary/aromatic N) is 1. The summed E-state index contributed by atoms with van der Waals surface area (Å²) < 4.78 is 57.8. The van der Waals surface area contributed by atoms with Crippen LogP contribution in [0.4, 0.5) is 0 Å². The van der Waals surface area contributed by atoms with E-state index in [9.17, 15) is 16.8 Å². The number of benzene rings is 4. The van der Waals surface area contributed by atoms with E-state index in [1.165, 1.54) is 17.4 Å². The molecule has 4 aromatic carbocycles. The van der Waals surface area contributed by atoms with Crippen LogP contribution in [-0.2, 0) is 19.7 Å². The van der Waals surface area contributed by atoms with Gasteiger partial charge in [-0.15, -0.1) is 11.3 Å². The molecule has 1 aliphatic rings. The van der Waals surface area contributed by atoms with Crippen molar-refractivity contribution in [2.24, 2.45) is 0 Å². The van der Waals surface area contributed by atoms with Crippen molar-refractivity contribution in [1.82, 2.24) is 4.98 Å². The van der Waals surface area contributed by atoms with Crippen LogP contribution in [0.1, 0.15) is 0 Å². The van der Waals surface area contributed by atoms with Crippen molar-refractivity contribution in [3.63, 3.8) is 0 Å². The third-order valence-electron chi connectivity index (χ3n) is 5.86. The van der Waals surface area contributed by atoms with E-state index in [1.54, 1.807) is 91.0 Å². The molecule has 0 amide bonds. The minimum absolute atomic E-state index is 0.101. The highest BCUT2D eigenvalue weighted by Crippen LogP contribution is 2.44. The van der Waals surface area contributed by atoms with E-state index in [1.807, 2.05) is 5.38 Å². The van der Waals surface area contributed by atoms with Gasteiger partial charge >= 0.3 is 0 Å². The molecule has 2 heterocycles. The third kappa shape index (κ3) is 3.72. The molecular weight excluding hydrogens is 515 g/mol. The molecule has 0 fully saturated rings. The van der Waals surface area contributed by atoms with Crippen LogP contribution in [0, 0.1) is 0 Å². The summed E-state index contributed by atoms with van der Waals surface area (Å²) in [6.07, 6.45) is 0. The molecule has 0 unspecified atom stereocenters. The van der Waals surface area contributed by atoms with E-state index in [0.29, 0.717) is 22.0 Å². The third-order valence-corrected chi connectivity index (χ3v) is 10.3. The van der Waals surface area contributed by atoms with E-state index in [4.69, 9.17) is 4.74 Å². The second-order valence-electron chi connectivity index (χ2n) is 8.09. The largest absolute Gasteiger partial charge is 0.455 e. The zero-order valence-electron chi connectivity index (χ0n) is 18.5. The fraction of sp³-hybridized carbons (Fsp3) is 0. The van der Waals surface area contributed by atoms with Gasteiger partial charge in [-0.1, -0.05) is 42.5 Å². The molecule has 9 heteroatoms. The van der Waals surface area contributed by atoms with Crippen molar-refractivity contribution in [2.45, 2.75) is 19.6 Å². The van der Waals surface area contributed by atoms with Gasteiger partial charge in [-0.2, -0.15) is 0 Å². The number of thiazole rings is 1. The molecule has 1 aliphatic heterocycles. The predicted octanol–water partition coefficient (Wildman–Crippen LogP) is 6.25. The van der Waals surface area contributed by atoms with Crippen molar-refractivity contribution >= 4 is 31.0 Å². The number of ether oxygens (including phenoxy) is 1. The van der Waals surface area contributed by atoms with Gasteiger partial charge < -0.3 is 4.74 Å². The monoisotopic (exact) mass is 531 g/mol. The van der Waals surface area contributed by atoms with E-state index in [0.717, 1.165) is 5.56 Å². The minimum Gasteiger partial charge on any atom is -0.455 e. The van der Waals surface area contributed by atoms with E-state index in [2.05, 4.69) is 4.98 Å². The summed E-state index contributed by atoms with van der Waals surface area (Å²) in [4.78, 5) is 5.36. The van der Waals surface area contributed by atoms with Crippen LogP contribution in [0.15, 0.2) is 122 Å². The van der Waals surface area contributed by atoms with Gasteiger partial charge in [0.1, 0.15) is 26.3 Å². The highest BCUT2D eigenvalue weighted by molar-refractivity contribution is 7.92. The first-order valence-electron chi connectivity index (χ1n) is 10.9. The molecule has 0 saturated heterocycles. The fourth-order valence-corrected chi connectivity index (χ4v) is 7.65. The zero-order chi connectivity index (χ0) is 24.9. The maximum absolute atomic E-state index is 13.2. The van der Waals surface area contributed by atoms with Crippen LogP contribution in [0.5, 0.6) is 11.5 Å². The molecule has 1 aromatic heterocycles. The molecule has 0 saturated carbocycles. The van der Waals surface area contributed by atoms with Crippen molar-refractivity contribution in [3.05, 3.63) is 102 Å². The summed E-state index contributed by atoms with van der Waals surface area (Å²) in [5.74, 6) is 0.592. The second-order valence-corrected chi connectivity index (χ2v) is 12.8. The highest BCUT2D eigenvalue weighted by Gasteiger charge is 2.31. The minimum atomic E-state index is -3.73. The van der Waals surface area contributed by atoms with Crippen molar-refractivity contribution in [1.29, 1.82) is 0 Å². The highest BCUT2D eigenvalue weighted by atomic mass is 32.2. The molecule has 6 rings (SSSR count). The number of aromatic nitrogens is 1. The summed E-state index contributed by atoms with van der Waals surface area (Å²) >= 11 is 1.39. The predicted molar refractivity (Wildman–Crippen MR) is 137 cm³/mol. The lowest BCUT2D eigenvalue weighted by Crippen LogP contribution is -2.11. The Morgan fingerprint density at radius 1 is 0.694 bits per heavy atom. The van der Waals surface area contributed by atoms with E-state index in [-0.39, 0.29) is 25.3 Å². The van der Waals surface area contributed by atoms with E-state index < -0.39 is 19.7 Å². The standard InChI is InChI=1S/C27H17NO5S3/c29-35(30,20-6-2-1-3-7-20)21-13-10-18(11-14-21)27-28-22(17-34-27)19-12-15-24-26(16-19)36(31,32)25-9-5-4-8-23(25)33-24/h1-17H. The molecule has 178 valence electrons. The molecule has 0 radical (unpaired) electrons. The normalized spacial score (nSPS) is 13.9. The van der Waals surface area contributed by atoms with Crippen molar-refractivity contribution < 1.29 is 21.6 Å². The lowest BCUT2D eigenvalue weighted by molar-refractivity contribution is 0.443. The Morgan fingerprint density at radius 3 is 2.11 bits per heavy atom. The Morgan fingerprint density at radius 2 is 1.33 bits per heavy atom. The van der Waals surface area contributed by atoms with Crippen LogP contribution in [0.2, 0.25) is 0 Å². The summed E-state index contributed by atoms with van der Waals surface area (Å²) in [5.41, 5.74) is 2.03. The Kier molecular flexibility index (Phi) is 5.29. The van der Waals surface area contributed by atoms with Crippen molar-refractivity contribution in [2.75, 3.05) is 0 Å². The Labute approximate surface area is 212 Å². The molecule has 0 atom stereocenters. The summed E-state index contributed by atoms with van der Waals surface area (Å²) in [6.45, 7) is 0. The van der Waals surface area contributed by atoms with Gasteiger partial charge in [-0.3, -0.25) is 0 Å². The average molecular weight is 532 g/mol. The molecule has 0 aliphatic carbocycles. The molecule has 36 heavy (non-hydrogen) atoms. The van der Waals surface area contributed by atoms with Gasteiger partial charge in [0.05, 0.1) is 15.5 Å². The Bertz CT molecular complexity index is 1830. The number of hydrogen-bond acceptors (Lipinski definition) is 7. The second kappa shape index (κ2) is 8.41. The smallest absolute Gasteiger partial charge is 0.213 e. The maximum Gasteiger partial charge on any atom is 0.213 e. The first-order valence-corrected chi connectivity index (χ1v) is 14.7. The van der Waals surface area contributed by atoms with Gasteiger partial charge in [0.25, 0.3) is 0 Å². The lowest BCUT2D eigenvalue weighted by Gasteiger charge is -2.20. The number of sulfone groups is 2. The van der Waals surface area contributed by atoms with Crippen molar-refractivity contribution in [3.8, 4) is 33.3 Å². The van der Waals surface area contributed by atoms with Crippen LogP contribution < -0.4 is 4.74 Å². The zero-order valence-corrected chi connectivity index (χ0v) is 21.0. The SMILES string of the molecule is O=S(=O)(c1ccccc1)c1ccc(-c2nc(-c3ccc4c(c3)S(=O)(=O)c3ccccc3O4)cs2)cc1. The van der Waals surface area contributed by atoms with Crippen LogP contribution >= 0.6 is 11.3 Å². The quantitative estimate of drug-likeness (QED) is 0.267. The summed E-state index contributed by atoms with van der Waals surface area (Å²) in [5, 5.41) is 2.53. The van der Waals surface area contributed by atoms with Gasteiger partial charge in [-0.05, 0) is 54.6 Å². The number of fused-ring (bicyclic) bond motifs is 2. The Balaban J connectivity index is 1.31. The molecular formula is C27H17NO5S3. The lowest BCUT2D eigenvalue weighted by atomic mass is 10.1. The number of para-hydroxylation sites is 1. The van der Waals surface area contributed by atoms with Gasteiger partial charge in [0, 0.05) is 16.5 Å². The fourth-order valence-electron chi connectivity index (χ4n) is 4.01. The molecule has 0 N–H and O–H groups in total. The van der Waals surface area contributed by atoms with E-state index >= 15 is 0 Å². The van der Waals surface area contributed by atoms with Crippen LogP contribution in [0.3, 0.4) is 0 Å². The summed E-state index contributed by atoms with van der Waals surface area (Å²) in [6, 6.07) is 26.4. The topological polar surface area (TPSA) is 90.4 Å². The molecule has 0 bridgehead atoms. The first kappa shape index (κ1) is 22.7. The average Bonchev–Trinajstić information content (AvgIpc) is 3.40. The number of hydrogen-bond donors (Lipinski definition) is 0. The summed E-state index contributed by atoms with van der Waals surface area (Å²) in [7, 11) is -7.33. The van der Waals surface area contributed by atoms with Gasteiger partial charge in [-0.25, -0.2) is 21.8 Å². The number of rotatable bonds is 4. The molecule has 6 nitrogen and oxygen atoms in total. The Hall–Kier alpha value is -3.79. The maximum atomic E-state index is 13.2. The molecule has 5 aromatic rings. The first-order chi connectivity index (χ1) is 17.3.